The van der Waals surface area contributed by atoms with E-state index in [0.29, 0.717) is 24.3 Å². The molecule has 0 aromatic heterocycles. The topological polar surface area (TPSA) is 32.3 Å². The van der Waals surface area contributed by atoms with Crippen LogP contribution < -0.4 is 5.32 Å². The zero-order valence-electron chi connectivity index (χ0n) is 13.5. The molecule has 0 amide bonds. The fourth-order valence-corrected chi connectivity index (χ4v) is 2.82. The third kappa shape index (κ3) is 5.26. The Bertz CT molecular complexity index is 346. The fourth-order valence-electron chi connectivity index (χ4n) is 2.82. The molecular weight excluding hydrogens is 246 g/mol. The minimum atomic E-state index is -0.228. The molecule has 0 radical (unpaired) electrons. The molecule has 0 aliphatic rings. The Morgan fingerprint density at radius 2 is 1.60 bits per heavy atom. The van der Waals surface area contributed by atoms with Crippen LogP contribution in [0.25, 0.3) is 0 Å². The maximum atomic E-state index is 10.2. The summed E-state index contributed by atoms with van der Waals surface area (Å²) in [5.74, 6) is 1.51. The molecular formula is C18H31NO. The predicted octanol–water partition coefficient (Wildman–Crippen LogP) is 3.81. The van der Waals surface area contributed by atoms with Gasteiger partial charge in [0.05, 0.1) is 6.10 Å². The van der Waals surface area contributed by atoms with Gasteiger partial charge in [-0.15, -0.1) is 0 Å². The van der Waals surface area contributed by atoms with Crippen molar-refractivity contribution in [3.05, 3.63) is 35.9 Å². The van der Waals surface area contributed by atoms with E-state index < -0.39 is 0 Å². The molecule has 2 heteroatoms. The van der Waals surface area contributed by atoms with Crippen molar-refractivity contribution in [2.45, 2.75) is 52.6 Å². The largest absolute Gasteiger partial charge is 0.392 e. The second-order valence-corrected chi connectivity index (χ2v) is 6.06. The molecule has 0 saturated heterocycles. The molecule has 1 aromatic carbocycles. The van der Waals surface area contributed by atoms with Crippen LogP contribution in [0, 0.1) is 11.8 Å². The van der Waals surface area contributed by atoms with Gasteiger partial charge in [0.1, 0.15) is 0 Å². The van der Waals surface area contributed by atoms with Crippen molar-refractivity contribution in [2.24, 2.45) is 11.8 Å². The number of aliphatic hydroxyl groups is 1. The van der Waals surface area contributed by atoms with Gasteiger partial charge < -0.3 is 10.4 Å². The van der Waals surface area contributed by atoms with Crippen molar-refractivity contribution in [1.29, 1.82) is 0 Å². The molecule has 0 aliphatic carbocycles. The Hall–Kier alpha value is -0.860. The Morgan fingerprint density at radius 3 is 2.10 bits per heavy atom. The summed E-state index contributed by atoms with van der Waals surface area (Å²) in [7, 11) is 0. The molecule has 1 aromatic rings. The molecule has 2 N–H and O–H groups in total. The first-order chi connectivity index (χ1) is 9.60. The number of aliphatic hydroxyl groups excluding tert-OH is 1. The second kappa shape index (κ2) is 9.15. The van der Waals surface area contributed by atoms with Crippen LogP contribution in [0.2, 0.25) is 0 Å². The molecule has 0 spiro atoms. The number of rotatable bonds is 9. The van der Waals surface area contributed by atoms with Crippen LogP contribution in [-0.4, -0.2) is 24.3 Å². The van der Waals surface area contributed by atoms with Crippen molar-refractivity contribution in [3.63, 3.8) is 0 Å². The zero-order valence-corrected chi connectivity index (χ0v) is 13.5. The van der Waals surface area contributed by atoms with Gasteiger partial charge in [0, 0.05) is 13.1 Å². The first kappa shape index (κ1) is 17.2. The standard InChI is InChI=1S/C18H31NO/c1-5-15(6-2)18(20)13-19-12-17(14(3)4)16-10-8-7-9-11-16/h7-11,14-15,17-20H,5-6,12-13H2,1-4H3. The number of hydrogen-bond acceptors (Lipinski definition) is 2. The lowest BCUT2D eigenvalue weighted by Crippen LogP contribution is -2.35. The highest BCUT2D eigenvalue weighted by atomic mass is 16.3. The number of benzene rings is 1. The Kier molecular flexibility index (Phi) is 7.86. The lowest BCUT2D eigenvalue weighted by atomic mass is 9.88. The third-order valence-electron chi connectivity index (χ3n) is 4.34. The highest BCUT2D eigenvalue weighted by Crippen LogP contribution is 2.23. The maximum Gasteiger partial charge on any atom is 0.0692 e. The van der Waals surface area contributed by atoms with Crippen LogP contribution in [0.1, 0.15) is 52.0 Å². The summed E-state index contributed by atoms with van der Waals surface area (Å²) in [6.45, 7) is 10.4. The summed E-state index contributed by atoms with van der Waals surface area (Å²) in [4.78, 5) is 0. The van der Waals surface area contributed by atoms with E-state index in [1.165, 1.54) is 5.56 Å². The molecule has 2 atom stereocenters. The quantitative estimate of drug-likeness (QED) is 0.719. The minimum Gasteiger partial charge on any atom is -0.392 e. The highest BCUT2D eigenvalue weighted by molar-refractivity contribution is 5.20. The van der Waals surface area contributed by atoms with Crippen LogP contribution in [0.3, 0.4) is 0 Å². The Labute approximate surface area is 124 Å². The highest BCUT2D eigenvalue weighted by Gasteiger charge is 2.18. The predicted molar refractivity (Wildman–Crippen MR) is 87.0 cm³/mol. The molecule has 0 bridgehead atoms. The van der Waals surface area contributed by atoms with Crippen molar-refractivity contribution in [1.82, 2.24) is 5.32 Å². The summed E-state index contributed by atoms with van der Waals surface area (Å²) in [5, 5.41) is 13.6. The Balaban J connectivity index is 2.49. The molecule has 20 heavy (non-hydrogen) atoms. The molecule has 114 valence electrons. The number of nitrogens with one attached hydrogen (secondary N) is 1. The van der Waals surface area contributed by atoms with Gasteiger partial charge in [-0.25, -0.2) is 0 Å². The third-order valence-corrected chi connectivity index (χ3v) is 4.34. The van der Waals surface area contributed by atoms with E-state index in [2.05, 4.69) is 63.3 Å². The lowest BCUT2D eigenvalue weighted by molar-refractivity contribution is 0.101. The van der Waals surface area contributed by atoms with Crippen LogP contribution in [0.15, 0.2) is 30.3 Å². The normalized spacial score (nSPS) is 14.8. The molecule has 0 fully saturated rings. The number of hydrogen-bond donors (Lipinski definition) is 2. The smallest absolute Gasteiger partial charge is 0.0692 e. The van der Waals surface area contributed by atoms with Crippen molar-refractivity contribution >= 4 is 0 Å². The average molecular weight is 277 g/mol. The monoisotopic (exact) mass is 277 g/mol. The van der Waals surface area contributed by atoms with Gasteiger partial charge in [-0.3, -0.25) is 0 Å². The van der Waals surface area contributed by atoms with Crippen LogP contribution in [0.5, 0.6) is 0 Å². The Morgan fingerprint density at radius 1 is 1.00 bits per heavy atom. The summed E-state index contributed by atoms with van der Waals surface area (Å²) in [6.07, 6.45) is 1.87. The van der Waals surface area contributed by atoms with Crippen LogP contribution >= 0.6 is 0 Å². The van der Waals surface area contributed by atoms with Gasteiger partial charge in [0.15, 0.2) is 0 Å². The summed E-state index contributed by atoms with van der Waals surface area (Å²) < 4.78 is 0. The summed E-state index contributed by atoms with van der Waals surface area (Å²) in [5.41, 5.74) is 1.38. The van der Waals surface area contributed by atoms with E-state index in [4.69, 9.17) is 0 Å². The second-order valence-electron chi connectivity index (χ2n) is 6.06. The molecule has 0 aliphatic heterocycles. The van der Waals surface area contributed by atoms with Crippen LogP contribution in [0.4, 0.5) is 0 Å². The van der Waals surface area contributed by atoms with E-state index in [0.717, 1.165) is 19.4 Å². The first-order valence-corrected chi connectivity index (χ1v) is 8.03. The van der Waals surface area contributed by atoms with E-state index in [-0.39, 0.29) is 6.10 Å². The van der Waals surface area contributed by atoms with Gasteiger partial charge in [0.2, 0.25) is 0 Å². The van der Waals surface area contributed by atoms with E-state index >= 15 is 0 Å². The minimum absolute atomic E-state index is 0.228. The fraction of sp³-hybridized carbons (Fsp3) is 0.667. The molecule has 2 unspecified atom stereocenters. The van der Waals surface area contributed by atoms with E-state index in [1.54, 1.807) is 0 Å². The van der Waals surface area contributed by atoms with Gasteiger partial charge in [-0.05, 0) is 23.3 Å². The summed E-state index contributed by atoms with van der Waals surface area (Å²) in [6, 6.07) is 10.7. The van der Waals surface area contributed by atoms with Gasteiger partial charge in [-0.1, -0.05) is 70.9 Å². The summed E-state index contributed by atoms with van der Waals surface area (Å²) >= 11 is 0. The molecule has 1 rings (SSSR count). The van der Waals surface area contributed by atoms with Crippen molar-refractivity contribution in [2.75, 3.05) is 13.1 Å². The van der Waals surface area contributed by atoms with Crippen molar-refractivity contribution in [3.8, 4) is 0 Å². The molecule has 0 saturated carbocycles. The zero-order chi connectivity index (χ0) is 15.0. The van der Waals surface area contributed by atoms with Gasteiger partial charge in [0.25, 0.3) is 0 Å². The van der Waals surface area contributed by atoms with Crippen LogP contribution in [-0.2, 0) is 0 Å². The van der Waals surface area contributed by atoms with Crippen molar-refractivity contribution < 1.29 is 5.11 Å². The molecule has 0 heterocycles. The van der Waals surface area contributed by atoms with E-state index in [9.17, 15) is 5.11 Å². The lowest BCUT2D eigenvalue weighted by Gasteiger charge is -2.25. The average Bonchev–Trinajstić information content (AvgIpc) is 2.45. The molecule has 2 nitrogen and oxygen atoms in total. The van der Waals surface area contributed by atoms with E-state index in [1.807, 2.05) is 0 Å². The SMILES string of the molecule is CCC(CC)C(O)CNCC(c1ccccc1)C(C)C. The van der Waals surface area contributed by atoms with Gasteiger partial charge in [-0.2, -0.15) is 0 Å². The first-order valence-electron chi connectivity index (χ1n) is 8.03. The van der Waals surface area contributed by atoms with Gasteiger partial charge >= 0.3 is 0 Å². The maximum absolute atomic E-state index is 10.2.